The first kappa shape index (κ1) is 23.0. The smallest absolute Gasteiger partial charge is 0.252 e. The number of amides is 2. The molecule has 0 radical (unpaired) electrons. The van der Waals surface area contributed by atoms with Crippen molar-refractivity contribution in [3.05, 3.63) is 51.5 Å². The van der Waals surface area contributed by atoms with Gasteiger partial charge in [-0.3, -0.25) is 20.4 Å². The zero-order valence-electron chi connectivity index (χ0n) is 17.9. The summed E-state index contributed by atoms with van der Waals surface area (Å²) >= 11 is 1.43. The second-order valence-electron chi connectivity index (χ2n) is 8.10. The normalized spacial score (nSPS) is 12.2. The summed E-state index contributed by atoms with van der Waals surface area (Å²) in [7, 11) is 0. The Balaban J connectivity index is 1.81. The van der Waals surface area contributed by atoms with Crippen LogP contribution >= 0.6 is 11.3 Å². The average Bonchev–Trinajstić information content (AvgIpc) is 3.05. The van der Waals surface area contributed by atoms with Crippen LogP contribution in [-0.2, 0) is 22.4 Å². The molecule has 1 heterocycles. The number of nitrogens with zero attached hydrogens (tertiary/aromatic N) is 1. The lowest BCUT2D eigenvalue weighted by atomic mass is 9.94. The molecule has 1 aromatic carbocycles. The molecule has 2 aromatic rings. The van der Waals surface area contributed by atoms with E-state index in [1.807, 2.05) is 12.3 Å². The number of thiazole rings is 1. The Morgan fingerprint density at radius 1 is 1.03 bits per heavy atom. The van der Waals surface area contributed by atoms with Crippen molar-refractivity contribution in [1.29, 1.82) is 0 Å². The summed E-state index contributed by atoms with van der Waals surface area (Å²) in [5, 5.41) is 5.92. The van der Waals surface area contributed by atoms with Crippen LogP contribution in [0.1, 0.15) is 55.6 Å². The minimum Gasteiger partial charge on any atom is -0.301 e. The first-order chi connectivity index (χ1) is 13.7. The number of carbonyl (C=O) groups is 2. The number of benzene rings is 1. The van der Waals surface area contributed by atoms with Gasteiger partial charge in [0.1, 0.15) is 5.01 Å². The van der Waals surface area contributed by atoms with Crippen LogP contribution in [0.15, 0.2) is 29.6 Å². The quantitative estimate of drug-likeness (QED) is 0.548. The van der Waals surface area contributed by atoms with Crippen molar-refractivity contribution in [2.24, 2.45) is 11.8 Å². The molecule has 29 heavy (non-hydrogen) atoms. The number of carbonyl (C=O) groups excluding carboxylic acids is 2. The Bertz CT molecular complexity index is 799. The van der Waals surface area contributed by atoms with E-state index in [1.165, 1.54) is 16.9 Å². The maximum absolute atomic E-state index is 12.1. The Morgan fingerprint density at radius 2 is 1.69 bits per heavy atom. The largest absolute Gasteiger partial charge is 0.301 e. The Kier molecular flexibility index (Phi) is 8.79. The fraction of sp³-hybridized carbons (Fsp3) is 0.500. The molecule has 6 nitrogen and oxygen atoms in total. The standard InChI is InChI=1S/C22H32N4O2S/c1-14(2)10-17-6-8-18(9-7-17)22(15(3)4)23-12-20(28)26-25-19(27)11-21-24-16(5)13-29-21/h6-9,13-15,22-23H,10-12H2,1-5H3,(H,25,27)(H,26,28). The summed E-state index contributed by atoms with van der Waals surface area (Å²) in [5.41, 5.74) is 8.28. The van der Waals surface area contributed by atoms with Gasteiger partial charge in [0.05, 0.1) is 13.0 Å². The van der Waals surface area contributed by atoms with Crippen LogP contribution in [0.2, 0.25) is 0 Å². The minimum absolute atomic E-state index is 0.0582. The van der Waals surface area contributed by atoms with Crippen LogP contribution in [0, 0.1) is 18.8 Å². The van der Waals surface area contributed by atoms with Crippen molar-refractivity contribution in [2.45, 2.75) is 53.5 Å². The molecule has 2 amide bonds. The van der Waals surface area contributed by atoms with Crippen LogP contribution < -0.4 is 16.2 Å². The van der Waals surface area contributed by atoms with Crippen molar-refractivity contribution in [2.75, 3.05) is 6.54 Å². The summed E-state index contributed by atoms with van der Waals surface area (Å²) in [5.74, 6) is 0.379. The fourth-order valence-corrected chi connectivity index (χ4v) is 3.89. The highest BCUT2D eigenvalue weighted by molar-refractivity contribution is 7.09. The second kappa shape index (κ2) is 11.1. The molecule has 158 valence electrons. The number of nitrogens with one attached hydrogen (secondary N) is 3. The van der Waals surface area contributed by atoms with E-state index >= 15 is 0 Å². The molecule has 2 rings (SSSR count). The zero-order chi connectivity index (χ0) is 21.4. The van der Waals surface area contributed by atoms with E-state index in [9.17, 15) is 9.59 Å². The summed E-state index contributed by atoms with van der Waals surface area (Å²) in [6.07, 6.45) is 1.21. The zero-order valence-corrected chi connectivity index (χ0v) is 18.7. The van der Waals surface area contributed by atoms with Gasteiger partial charge in [-0.1, -0.05) is 52.0 Å². The molecule has 1 unspecified atom stereocenters. The summed E-state index contributed by atoms with van der Waals surface area (Å²) in [4.78, 5) is 28.3. The SMILES string of the molecule is Cc1csc(CC(=O)NNC(=O)CNC(c2ccc(CC(C)C)cc2)C(C)C)n1. The second-order valence-corrected chi connectivity index (χ2v) is 9.04. The topological polar surface area (TPSA) is 83.1 Å². The van der Waals surface area contributed by atoms with E-state index in [4.69, 9.17) is 0 Å². The molecular weight excluding hydrogens is 384 g/mol. The van der Waals surface area contributed by atoms with Gasteiger partial charge >= 0.3 is 0 Å². The van der Waals surface area contributed by atoms with E-state index in [-0.39, 0.29) is 30.8 Å². The number of hydrazine groups is 1. The van der Waals surface area contributed by atoms with Crippen LogP contribution in [-0.4, -0.2) is 23.3 Å². The van der Waals surface area contributed by atoms with Gasteiger partial charge in [-0.05, 0) is 36.3 Å². The van der Waals surface area contributed by atoms with Gasteiger partial charge < -0.3 is 5.32 Å². The Morgan fingerprint density at radius 3 is 2.24 bits per heavy atom. The van der Waals surface area contributed by atoms with E-state index in [2.05, 4.69) is 73.1 Å². The molecule has 1 aromatic heterocycles. The highest BCUT2D eigenvalue weighted by Crippen LogP contribution is 2.22. The molecule has 0 aliphatic rings. The molecule has 0 saturated carbocycles. The highest BCUT2D eigenvalue weighted by atomic mass is 32.1. The third-order valence-corrected chi connectivity index (χ3v) is 5.42. The lowest BCUT2D eigenvalue weighted by molar-refractivity contribution is -0.128. The van der Waals surface area contributed by atoms with Gasteiger partial charge in [-0.25, -0.2) is 4.98 Å². The molecule has 0 aliphatic carbocycles. The van der Waals surface area contributed by atoms with Crippen molar-refractivity contribution in [3.8, 4) is 0 Å². The maximum atomic E-state index is 12.1. The number of aryl methyl sites for hydroxylation is 1. The molecule has 0 aliphatic heterocycles. The fourth-order valence-electron chi connectivity index (χ4n) is 3.12. The molecule has 0 spiro atoms. The molecule has 1 atom stereocenters. The lowest BCUT2D eigenvalue weighted by Crippen LogP contribution is -2.46. The van der Waals surface area contributed by atoms with E-state index in [0.29, 0.717) is 11.8 Å². The molecule has 3 N–H and O–H groups in total. The molecular formula is C22H32N4O2S. The predicted molar refractivity (Wildman–Crippen MR) is 117 cm³/mol. The van der Waals surface area contributed by atoms with Crippen LogP contribution in [0.5, 0.6) is 0 Å². The van der Waals surface area contributed by atoms with Gasteiger partial charge in [0, 0.05) is 17.1 Å². The van der Waals surface area contributed by atoms with Crippen molar-refractivity contribution < 1.29 is 9.59 Å². The summed E-state index contributed by atoms with van der Waals surface area (Å²) < 4.78 is 0. The third kappa shape index (κ3) is 7.95. The summed E-state index contributed by atoms with van der Waals surface area (Å²) in [6.45, 7) is 10.7. The van der Waals surface area contributed by atoms with Gasteiger partial charge in [0.15, 0.2) is 0 Å². The number of hydrogen-bond acceptors (Lipinski definition) is 5. The van der Waals surface area contributed by atoms with Crippen LogP contribution in [0.4, 0.5) is 0 Å². The molecule has 0 bridgehead atoms. The van der Waals surface area contributed by atoms with Crippen molar-refractivity contribution in [1.82, 2.24) is 21.2 Å². The molecule has 0 fully saturated rings. The minimum atomic E-state index is -0.283. The third-order valence-electron chi connectivity index (χ3n) is 4.45. The highest BCUT2D eigenvalue weighted by Gasteiger charge is 2.17. The molecule has 0 saturated heterocycles. The van der Waals surface area contributed by atoms with Gasteiger partial charge in [-0.15, -0.1) is 11.3 Å². The van der Waals surface area contributed by atoms with E-state index in [1.54, 1.807) is 0 Å². The number of hydrogen-bond donors (Lipinski definition) is 3. The summed E-state index contributed by atoms with van der Waals surface area (Å²) in [6, 6.07) is 8.64. The lowest BCUT2D eigenvalue weighted by Gasteiger charge is -2.23. The van der Waals surface area contributed by atoms with Crippen LogP contribution in [0.3, 0.4) is 0 Å². The number of rotatable bonds is 9. The van der Waals surface area contributed by atoms with E-state index in [0.717, 1.165) is 22.7 Å². The van der Waals surface area contributed by atoms with E-state index < -0.39 is 0 Å². The average molecular weight is 417 g/mol. The first-order valence-corrected chi connectivity index (χ1v) is 10.9. The van der Waals surface area contributed by atoms with Gasteiger partial charge in [0.25, 0.3) is 5.91 Å². The predicted octanol–water partition coefficient (Wildman–Crippen LogP) is 3.33. The van der Waals surface area contributed by atoms with Gasteiger partial charge in [0.2, 0.25) is 5.91 Å². The first-order valence-electron chi connectivity index (χ1n) is 10.1. The number of aromatic nitrogens is 1. The van der Waals surface area contributed by atoms with Crippen molar-refractivity contribution in [3.63, 3.8) is 0 Å². The monoisotopic (exact) mass is 416 g/mol. The van der Waals surface area contributed by atoms with Gasteiger partial charge in [-0.2, -0.15) is 0 Å². The molecule has 7 heteroatoms. The Hall–Kier alpha value is -2.25. The van der Waals surface area contributed by atoms with Crippen molar-refractivity contribution >= 4 is 23.2 Å². The van der Waals surface area contributed by atoms with Crippen LogP contribution in [0.25, 0.3) is 0 Å². The maximum Gasteiger partial charge on any atom is 0.252 e. The Labute approximate surface area is 177 Å².